The number of hydrogen-bond acceptors (Lipinski definition) is 4. The zero-order chi connectivity index (χ0) is 17.6. The summed E-state index contributed by atoms with van der Waals surface area (Å²) in [4.78, 5) is 7.00. The van der Waals surface area contributed by atoms with Gasteiger partial charge in [-0.05, 0) is 58.6 Å². The molecule has 0 unspecified atom stereocenters. The van der Waals surface area contributed by atoms with Gasteiger partial charge in [0, 0.05) is 19.6 Å². The van der Waals surface area contributed by atoms with Gasteiger partial charge in [-0.25, -0.2) is 9.37 Å². The first-order valence-corrected chi connectivity index (χ1v) is 9.83. The average molecular weight is 369 g/mol. The molecule has 2 aliphatic rings. The van der Waals surface area contributed by atoms with Gasteiger partial charge in [-0.1, -0.05) is 0 Å². The molecule has 0 bridgehead atoms. The minimum Gasteiger partial charge on any atom is -0.364 e. The largest absolute Gasteiger partial charge is 0.364 e. The Kier molecular flexibility index (Phi) is 3.92. The number of halogens is 1. The Morgan fingerprint density at radius 1 is 1.19 bits per heavy atom. The van der Waals surface area contributed by atoms with Crippen LogP contribution in [0, 0.1) is 5.82 Å². The highest BCUT2D eigenvalue weighted by atomic mass is 32.1. The Bertz CT molecular complexity index is 906. The lowest BCUT2D eigenvalue weighted by molar-refractivity contribution is -0.0821. The van der Waals surface area contributed by atoms with Crippen LogP contribution in [0.1, 0.15) is 17.8 Å². The summed E-state index contributed by atoms with van der Waals surface area (Å²) < 4.78 is 21.8. The topological polar surface area (TPSA) is 30.3 Å². The third-order valence-corrected chi connectivity index (χ3v) is 6.15. The van der Waals surface area contributed by atoms with Crippen LogP contribution in [-0.4, -0.2) is 33.1 Å². The average Bonchev–Trinajstić information content (AvgIpc) is 3.37. The van der Waals surface area contributed by atoms with E-state index in [1.807, 2.05) is 18.3 Å². The maximum Gasteiger partial charge on any atom is 0.135 e. The van der Waals surface area contributed by atoms with Crippen LogP contribution >= 0.6 is 11.3 Å². The van der Waals surface area contributed by atoms with Crippen molar-refractivity contribution in [1.29, 1.82) is 0 Å². The molecule has 134 valence electrons. The van der Waals surface area contributed by atoms with Crippen molar-refractivity contribution in [3.63, 3.8) is 0 Å². The SMILES string of the molecule is Fc1ccc(-c2cnc3n2C[C@]2(CCN(Cc4ccsc4)C2)OC3)cc1. The van der Waals surface area contributed by atoms with Crippen molar-refractivity contribution in [3.8, 4) is 11.3 Å². The van der Waals surface area contributed by atoms with Crippen molar-refractivity contribution >= 4 is 11.3 Å². The molecule has 26 heavy (non-hydrogen) atoms. The maximum absolute atomic E-state index is 13.3. The highest BCUT2D eigenvalue weighted by Crippen LogP contribution is 2.35. The van der Waals surface area contributed by atoms with E-state index in [0.29, 0.717) is 6.61 Å². The van der Waals surface area contributed by atoms with Crippen LogP contribution in [-0.2, 0) is 24.4 Å². The predicted molar refractivity (Wildman–Crippen MR) is 99.4 cm³/mol. The van der Waals surface area contributed by atoms with Gasteiger partial charge in [0.25, 0.3) is 0 Å². The molecule has 1 spiro atoms. The van der Waals surface area contributed by atoms with E-state index in [1.54, 1.807) is 11.3 Å². The Morgan fingerprint density at radius 3 is 2.88 bits per heavy atom. The van der Waals surface area contributed by atoms with E-state index in [2.05, 4.69) is 31.3 Å². The van der Waals surface area contributed by atoms with Gasteiger partial charge in [0.05, 0.1) is 18.4 Å². The Labute approximate surface area is 155 Å². The van der Waals surface area contributed by atoms with Gasteiger partial charge in [0.1, 0.15) is 23.8 Å². The standard InChI is InChI=1S/C20H20FN3OS/c21-17-3-1-16(2-4-17)18-9-22-19-11-25-20(14-24(18)19)6-7-23(13-20)10-15-5-8-26-12-15/h1-5,8-9,12H,6-7,10-11,13-14H2/t20-/m1/s1. The van der Waals surface area contributed by atoms with E-state index in [4.69, 9.17) is 4.74 Å². The fourth-order valence-electron chi connectivity index (χ4n) is 4.06. The second-order valence-electron chi connectivity index (χ2n) is 7.22. The van der Waals surface area contributed by atoms with Crippen LogP contribution in [0.15, 0.2) is 47.3 Å². The third kappa shape index (κ3) is 2.88. The van der Waals surface area contributed by atoms with E-state index in [-0.39, 0.29) is 11.4 Å². The summed E-state index contributed by atoms with van der Waals surface area (Å²) in [6, 6.07) is 8.83. The smallest absolute Gasteiger partial charge is 0.135 e. The Balaban J connectivity index is 1.38. The zero-order valence-electron chi connectivity index (χ0n) is 14.4. The normalized spacial score (nSPS) is 22.8. The number of aromatic nitrogens is 2. The number of likely N-dealkylation sites (tertiary alicyclic amines) is 1. The minimum atomic E-state index is -0.216. The van der Waals surface area contributed by atoms with Crippen LogP contribution in [0.5, 0.6) is 0 Å². The summed E-state index contributed by atoms with van der Waals surface area (Å²) in [6.07, 6.45) is 2.90. The number of ether oxygens (including phenoxy) is 1. The molecule has 4 nitrogen and oxygen atoms in total. The van der Waals surface area contributed by atoms with Gasteiger partial charge in [-0.15, -0.1) is 0 Å². The first-order valence-electron chi connectivity index (χ1n) is 8.89. The van der Waals surface area contributed by atoms with E-state index >= 15 is 0 Å². The molecule has 0 radical (unpaired) electrons. The molecule has 0 saturated carbocycles. The molecule has 0 aliphatic carbocycles. The summed E-state index contributed by atoms with van der Waals surface area (Å²) in [5.74, 6) is 0.734. The van der Waals surface area contributed by atoms with Crippen molar-refractivity contribution in [2.75, 3.05) is 13.1 Å². The number of hydrogen-bond donors (Lipinski definition) is 0. The molecule has 5 rings (SSSR count). The summed E-state index contributed by atoms with van der Waals surface area (Å²) in [7, 11) is 0. The van der Waals surface area contributed by atoms with Crippen molar-refractivity contribution in [2.45, 2.75) is 31.7 Å². The van der Waals surface area contributed by atoms with Gasteiger partial charge in [0.2, 0.25) is 0 Å². The number of imidazole rings is 1. The van der Waals surface area contributed by atoms with Gasteiger partial charge in [-0.3, -0.25) is 4.90 Å². The van der Waals surface area contributed by atoms with E-state index in [9.17, 15) is 4.39 Å². The highest BCUT2D eigenvalue weighted by molar-refractivity contribution is 7.07. The van der Waals surface area contributed by atoms with Crippen LogP contribution in [0.2, 0.25) is 0 Å². The maximum atomic E-state index is 13.3. The molecule has 2 aromatic heterocycles. The summed E-state index contributed by atoms with van der Waals surface area (Å²) >= 11 is 1.75. The van der Waals surface area contributed by atoms with Crippen molar-refractivity contribution in [3.05, 3.63) is 64.5 Å². The van der Waals surface area contributed by atoms with Crippen LogP contribution in [0.25, 0.3) is 11.3 Å². The number of nitrogens with zero attached hydrogens (tertiary/aromatic N) is 3. The Hall–Kier alpha value is -2.02. The van der Waals surface area contributed by atoms with E-state index in [1.165, 1.54) is 17.7 Å². The molecule has 0 N–H and O–H groups in total. The van der Waals surface area contributed by atoms with E-state index in [0.717, 1.165) is 49.7 Å². The second kappa shape index (κ2) is 6.30. The first kappa shape index (κ1) is 16.2. The molecule has 2 aliphatic heterocycles. The molecular formula is C20H20FN3OS. The monoisotopic (exact) mass is 369 g/mol. The highest BCUT2D eigenvalue weighted by Gasteiger charge is 2.43. The number of fused-ring (bicyclic) bond motifs is 1. The molecule has 1 fully saturated rings. The molecule has 0 amide bonds. The number of rotatable bonds is 3. The number of benzene rings is 1. The molecule has 1 atom stereocenters. The second-order valence-corrected chi connectivity index (χ2v) is 8.00. The fourth-order valence-corrected chi connectivity index (χ4v) is 4.72. The van der Waals surface area contributed by atoms with Gasteiger partial charge < -0.3 is 9.30 Å². The van der Waals surface area contributed by atoms with Crippen LogP contribution in [0.3, 0.4) is 0 Å². The molecule has 1 saturated heterocycles. The molecular weight excluding hydrogens is 349 g/mol. The van der Waals surface area contributed by atoms with E-state index < -0.39 is 0 Å². The summed E-state index contributed by atoms with van der Waals surface area (Å²) in [5.41, 5.74) is 3.26. The third-order valence-electron chi connectivity index (χ3n) is 5.41. The van der Waals surface area contributed by atoms with Gasteiger partial charge >= 0.3 is 0 Å². The van der Waals surface area contributed by atoms with Crippen molar-refractivity contribution < 1.29 is 9.13 Å². The zero-order valence-corrected chi connectivity index (χ0v) is 15.2. The van der Waals surface area contributed by atoms with Gasteiger partial charge in [0.15, 0.2) is 0 Å². The van der Waals surface area contributed by atoms with Crippen LogP contribution < -0.4 is 0 Å². The fraction of sp³-hybridized carbons (Fsp3) is 0.350. The lowest BCUT2D eigenvalue weighted by atomic mass is 10.0. The molecule has 6 heteroatoms. The van der Waals surface area contributed by atoms with Crippen LogP contribution in [0.4, 0.5) is 4.39 Å². The molecule has 1 aromatic carbocycles. The minimum absolute atomic E-state index is 0.154. The molecule has 3 aromatic rings. The first-order chi connectivity index (χ1) is 12.7. The van der Waals surface area contributed by atoms with Crippen molar-refractivity contribution in [2.24, 2.45) is 0 Å². The number of thiophene rings is 1. The van der Waals surface area contributed by atoms with Crippen molar-refractivity contribution in [1.82, 2.24) is 14.5 Å². The predicted octanol–water partition coefficient (Wildman–Crippen LogP) is 3.93. The Morgan fingerprint density at radius 2 is 2.08 bits per heavy atom. The lowest BCUT2D eigenvalue weighted by Crippen LogP contribution is -2.44. The quantitative estimate of drug-likeness (QED) is 0.701. The summed E-state index contributed by atoms with van der Waals surface area (Å²) in [6.45, 7) is 4.30. The van der Waals surface area contributed by atoms with Gasteiger partial charge in [-0.2, -0.15) is 11.3 Å². The summed E-state index contributed by atoms with van der Waals surface area (Å²) in [5, 5.41) is 4.35. The lowest BCUT2D eigenvalue weighted by Gasteiger charge is -2.35. The molecule has 4 heterocycles.